The lowest BCUT2D eigenvalue weighted by atomic mass is 10.1. The maximum atomic E-state index is 12.3. The van der Waals surface area contributed by atoms with Gasteiger partial charge < -0.3 is 10.1 Å². The summed E-state index contributed by atoms with van der Waals surface area (Å²) in [6.07, 6.45) is 1.88. The molecule has 6 heteroatoms. The average molecular weight is 284 g/mol. The predicted octanol–water partition coefficient (Wildman–Crippen LogP) is 0.863. The van der Waals surface area contributed by atoms with Crippen LogP contribution < -0.4 is 10.0 Å². The Kier molecular flexibility index (Phi) is 4.93. The minimum Gasteiger partial charge on any atom is -0.380 e. The van der Waals surface area contributed by atoms with Crippen LogP contribution in [-0.4, -0.2) is 34.7 Å². The first kappa shape index (κ1) is 14.5. The number of piperidine rings is 1. The van der Waals surface area contributed by atoms with Gasteiger partial charge in [-0.1, -0.05) is 12.1 Å². The van der Waals surface area contributed by atoms with Crippen LogP contribution >= 0.6 is 0 Å². The first-order valence-corrected chi connectivity index (χ1v) is 7.91. The van der Waals surface area contributed by atoms with Crippen LogP contribution in [0.15, 0.2) is 29.2 Å². The number of rotatable bonds is 5. The Morgan fingerprint density at radius 2 is 2.32 bits per heavy atom. The van der Waals surface area contributed by atoms with Gasteiger partial charge in [-0.2, -0.15) is 0 Å². The molecule has 2 rings (SSSR count). The van der Waals surface area contributed by atoms with E-state index >= 15 is 0 Å². The minimum absolute atomic E-state index is 0.0233. The van der Waals surface area contributed by atoms with Gasteiger partial charge in [0.05, 0.1) is 11.5 Å². The van der Waals surface area contributed by atoms with Crippen molar-refractivity contribution < 1.29 is 13.2 Å². The summed E-state index contributed by atoms with van der Waals surface area (Å²) in [6.45, 7) is 2.06. The third kappa shape index (κ3) is 4.01. The number of hydrogen-bond acceptors (Lipinski definition) is 4. The Balaban J connectivity index is 2.11. The molecule has 19 heavy (non-hydrogen) atoms. The second kappa shape index (κ2) is 6.47. The zero-order chi connectivity index (χ0) is 13.7. The van der Waals surface area contributed by atoms with E-state index in [1.165, 1.54) is 0 Å². The Morgan fingerprint density at radius 1 is 1.47 bits per heavy atom. The fraction of sp³-hybridized carbons (Fsp3) is 0.538. The van der Waals surface area contributed by atoms with Gasteiger partial charge in [0.2, 0.25) is 10.0 Å². The number of nitrogens with one attached hydrogen (secondary N) is 2. The highest BCUT2D eigenvalue weighted by atomic mass is 32.2. The van der Waals surface area contributed by atoms with Crippen molar-refractivity contribution in [3.05, 3.63) is 29.8 Å². The zero-order valence-corrected chi connectivity index (χ0v) is 11.9. The third-order valence-electron chi connectivity index (χ3n) is 3.14. The van der Waals surface area contributed by atoms with Crippen molar-refractivity contribution in [1.29, 1.82) is 0 Å². The van der Waals surface area contributed by atoms with E-state index in [2.05, 4.69) is 10.0 Å². The van der Waals surface area contributed by atoms with Crippen molar-refractivity contribution in [1.82, 2.24) is 10.0 Å². The lowest BCUT2D eigenvalue weighted by Gasteiger charge is -2.23. The van der Waals surface area contributed by atoms with E-state index in [0.29, 0.717) is 18.0 Å². The van der Waals surface area contributed by atoms with Crippen molar-refractivity contribution in [2.24, 2.45) is 0 Å². The molecule has 1 aliphatic rings. The van der Waals surface area contributed by atoms with Crippen molar-refractivity contribution in [2.75, 3.05) is 20.2 Å². The summed E-state index contributed by atoms with van der Waals surface area (Å²) >= 11 is 0. The highest BCUT2D eigenvalue weighted by molar-refractivity contribution is 7.89. The third-order valence-corrected chi connectivity index (χ3v) is 4.66. The second-order valence-corrected chi connectivity index (χ2v) is 6.46. The molecule has 1 atom stereocenters. The Hall–Kier alpha value is -0.950. The van der Waals surface area contributed by atoms with E-state index in [-0.39, 0.29) is 6.04 Å². The molecule has 0 radical (unpaired) electrons. The van der Waals surface area contributed by atoms with E-state index in [9.17, 15) is 8.42 Å². The molecule has 0 saturated carbocycles. The van der Waals surface area contributed by atoms with Gasteiger partial charge >= 0.3 is 0 Å². The molecule has 1 saturated heterocycles. The summed E-state index contributed by atoms with van der Waals surface area (Å²) in [6, 6.07) is 6.83. The Morgan fingerprint density at radius 3 is 3.00 bits per heavy atom. The number of ether oxygens (including phenoxy) is 1. The van der Waals surface area contributed by atoms with Crippen LogP contribution in [0.1, 0.15) is 18.4 Å². The molecule has 1 aromatic rings. The lowest BCUT2D eigenvalue weighted by Crippen LogP contribution is -2.45. The molecule has 0 aromatic heterocycles. The molecular formula is C13H20N2O3S. The van der Waals surface area contributed by atoms with Gasteiger partial charge in [-0.25, -0.2) is 13.1 Å². The van der Waals surface area contributed by atoms with E-state index in [0.717, 1.165) is 24.9 Å². The first-order chi connectivity index (χ1) is 9.12. The summed E-state index contributed by atoms with van der Waals surface area (Å²) in [5.41, 5.74) is 0.854. The predicted molar refractivity (Wildman–Crippen MR) is 73.4 cm³/mol. The van der Waals surface area contributed by atoms with Crippen molar-refractivity contribution in [3.8, 4) is 0 Å². The van der Waals surface area contributed by atoms with Gasteiger partial charge in [-0.05, 0) is 37.1 Å². The van der Waals surface area contributed by atoms with Gasteiger partial charge in [-0.3, -0.25) is 0 Å². The van der Waals surface area contributed by atoms with Gasteiger partial charge in [0.15, 0.2) is 0 Å². The normalized spacial score (nSPS) is 20.4. The summed E-state index contributed by atoms with van der Waals surface area (Å²) in [5.74, 6) is 0. The highest BCUT2D eigenvalue weighted by Gasteiger charge is 2.21. The molecule has 0 spiro atoms. The Labute approximate surface area is 114 Å². The number of sulfonamides is 1. The van der Waals surface area contributed by atoms with Gasteiger partial charge in [0.25, 0.3) is 0 Å². The molecule has 1 aromatic carbocycles. The fourth-order valence-electron chi connectivity index (χ4n) is 2.21. The summed E-state index contributed by atoms with van der Waals surface area (Å²) in [5, 5.41) is 3.19. The van der Waals surface area contributed by atoms with E-state index in [4.69, 9.17) is 4.74 Å². The number of benzene rings is 1. The minimum atomic E-state index is -3.45. The van der Waals surface area contributed by atoms with Crippen LogP contribution in [0.2, 0.25) is 0 Å². The highest BCUT2D eigenvalue weighted by Crippen LogP contribution is 2.14. The molecule has 2 N–H and O–H groups in total. The monoisotopic (exact) mass is 284 g/mol. The van der Waals surface area contributed by atoms with Crippen LogP contribution in [-0.2, 0) is 21.4 Å². The largest absolute Gasteiger partial charge is 0.380 e. The molecule has 1 aliphatic heterocycles. The van der Waals surface area contributed by atoms with Crippen molar-refractivity contribution >= 4 is 10.0 Å². The molecular weight excluding hydrogens is 264 g/mol. The standard InChI is InChI=1S/C13H20N2O3S/c1-18-10-11-4-2-6-13(8-11)19(16,17)15-12-5-3-7-14-9-12/h2,4,6,8,12,14-15H,3,5,7,9-10H2,1H3/t12-/m0/s1. The molecule has 106 valence electrons. The van der Waals surface area contributed by atoms with Gasteiger partial charge in [-0.15, -0.1) is 0 Å². The summed E-state index contributed by atoms with van der Waals surface area (Å²) in [4.78, 5) is 0.299. The first-order valence-electron chi connectivity index (χ1n) is 6.43. The van der Waals surface area contributed by atoms with Crippen LogP contribution in [0.25, 0.3) is 0 Å². The smallest absolute Gasteiger partial charge is 0.240 e. The van der Waals surface area contributed by atoms with Crippen molar-refractivity contribution in [2.45, 2.75) is 30.4 Å². The van der Waals surface area contributed by atoms with Gasteiger partial charge in [0, 0.05) is 19.7 Å². The van der Waals surface area contributed by atoms with Crippen LogP contribution in [0, 0.1) is 0 Å². The van der Waals surface area contributed by atoms with Crippen LogP contribution in [0.3, 0.4) is 0 Å². The summed E-state index contributed by atoms with van der Waals surface area (Å²) < 4.78 is 32.3. The van der Waals surface area contributed by atoms with Gasteiger partial charge in [0.1, 0.15) is 0 Å². The molecule has 1 heterocycles. The maximum Gasteiger partial charge on any atom is 0.240 e. The molecule has 0 bridgehead atoms. The average Bonchev–Trinajstić information content (AvgIpc) is 2.40. The van der Waals surface area contributed by atoms with Crippen molar-refractivity contribution in [3.63, 3.8) is 0 Å². The zero-order valence-electron chi connectivity index (χ0n) is 11.1. The van der Waals surface area contributed by atoms with E-state index in [1.807, 2.05) is 6.07 Å². The molecule has 0 unspecified atom stereocenters. The quantitative estimate of drug-likeness (QED) is 0.841. The van der Waals surface area contributed by atoms with Crippen LogP contribution in [0.4, 0.5) is 0 Å². The molecule has 0 aliphatic carbocycles. The molecule has 0 amide bonds. The van der Waals surface area contributed by atoms with E-state index < -0.39 is 10.0 Å². The summed E-state index contributed by atoms with van der Waals surface area (Å²) in [7, 11) is -1.86. The van der Waals surface area contributed by atoms with Crippen LogP contribution in [0.5, 0.6) is 0 Å². The maximum absolute atomic E-state index is 12.3. The molecule has 1 fully saturated rings. The van der Waals surface area contributed by atoms with E-state index in [1.54, 1.807) is 25.3 Å². The fourth-order valence-corrected chi connectivity index (χ4v) is 3.55. The Bertz CT molecular complexity index is 510. The topological polar surface area (TPSA) is 67.4 Å². The lowest BCUT2D eigenvalue weighted by molar-refractivity contribution is 0.184. The number of hydrogen-bond donors (Lipinski definition) is 2. The SMILES string of the molecule is COCc1cccc(S(=O)(=O)N[C@H]2CCCNC2)c1. The second-order valence-electron chi connectivity index (χ2n) is 4.74. The number of methoxy groups -OCH3 is 1. The molecule has 5 nitrogen and oxygen atoms in total.